The number of piperidine rings is 1. The molecule has 0 aromatic heterocycles. The highest BCUT2D eigenvalue weighted by Crippen LogP contribution is 2.14. The first-order valence-corrected chi connectivity index (χ1v) is 9.07. The largest absolute Gasteiger partial charge is 0.350 e. The molecule has 136 valence electrons. The SMILES string of the molecule is CC(NS(=O)(=O)c1ccccc1F)C(=O)NC1CNCCC1C.Cl. The third-order valence-electron chi connectivity index (χ3n) is 4.01. The zero-order chi connectivity index (χ0) is 17.0. The van der Waals surface area contributed by atoms with Crippen LogP contribution in [0.5, 0.6) is 0 Å². The Kier molecular flexibility index (Phi) is 7.59. The lowest BCUT2D eigenvalue weighted by atomic mass is 9.94. The predicted molar refractivity (Wildman–Crippen MR) is 92.0 cm³/mol. The van der Waals surface area contributed by atoms with Crippen LogP contribution in [-0.2, 0) is 14.8 Å². The maximum absolute atomic E-state index is 13.6. The molecule has 0 spiro atoms. The lowest BCUT2D eigenvalue weighted by Crippen LogP contribution is -2.54. The lowest BCUT2D eigenvalue weighted by molar-refractivity contribution is -0.123. The number of carbonyl (C=O) groups excluding carboxylic acids is 1. The fraction of sp³-hybridized carbons (Fsp3) is 0.533. The number of rotatable bonds is 5. The Labute approximate surface area is 148 Å². The van der Waals surface area contributed by atoms with Crippen molar-refractivity contribution in [2.75, 3.05) is 13.1 Å². The van der Waals surface area contributed by atoms with Gasteiger partial charge >= 0.3 is 0 Å². The van der Waals surface area contributed by atoms with Crippen molar-refractivity contribution >= 4 is 28.3 Å². The van der Waals surface area contributed by atoms with Crippen molar-refractivity contribution in [3.63, 3.8) is 0 Å². The number of benzene rings is 1. The minimum Gasteiger partial charge on any atom is -0.350 e. The third-order valence-corrected chi connectivity index (χ3v) is 5.58. The fourth-order valence-corrected chi connectivity index (χ4v) is 3.79. The minimum atomic E-state index is -4.09. The van der Waals surface area contributed by atoms with E-state index in [2.05, 4.69) is 15.4 Å². The van der Waals surface area contributed by atoms with Gasteiger partial charge in [0.25, 0.3) is 0 Å². The molecule has 3 N–H and O–H groups in total. The molecule has 1 saturated heterocycles. The molecular weight excluding hydrogens is 357 g/mol. The van der Waals surface area contributed by atoms with E-state index in [-0.39, 0.29) is 18.4 Å². The van der Waals surface area contributed by atoms with E-state index in [0.717, 1.165) is 25.1 Å². The van der Waals surface area contributed by atoms with E-state index in [1.807, 2.05) is 6.92 Å². The zero-order valence-electron chi connectivity index (χ0n) is 13.6. The standard InChI is InChI=1S/C15H22FN3O3S.ClH/c1-10-7-8-17-9-13(10)18-15(20)11(2)19-23(21,22)14-6-4-3-5-12(14)16;/h3-6,10-11,13,17,19H,7-9H2,1-2H3,(H,18,20);1H. The molecule has 3 atom stereocenters. The molecule has 2 rings (SSSR count). The molecule has 3 unspecified atom stereocenters. The second-order valence-corrected chi connectivity index (χ2v) is 7.54. The molecule has 0 saturated carbocycles. The zero-order valence-corrected chi connectivity index (χ0v) is 15.2. The Hall–Kier alpha value is -1.22. The topological polar surface area (TPSA) is 87.3 Å². The van der Waals surface area contributed by atoms with Crippen molar-refractivity contribution in [2.45, 2.75) is 37.2 Å². The van der Waals surface area contributed by atoms with Gasteiger partial charge in [-0.1, -0.05) is 19.1 Å². The molecule has 1 heterocycles. The summed E-state index contributed by atoms with van der Waals surface area (Å²) in [7, 11) is -4.09. The van der Waals surface area contributed by atoms with E-state index in [4.69, 9.17) is 0 Å². The molecule has 1 amide bonds. The molecule has 1 fully saturated rings. The Bertz CT molecular complexity index is 672. The van der Waals surface area contributed by atoms with Crippen LogP contribution in [0.2, 0.25) is 0 Å². The lowest BCUT2D eigenvalue weighted by Gasteiger charge is -2.31. The van der Waals surface area contributed by atoms with E-state index in [9.17, 15) is 17.6 Å². The summed E-state index contributed by atoms with van der Waals surface area (Å²) in [5.74, 6) is -0.959. The van der Waals surface area contributed by atoms with Crippen LogP contribution < -0.4 is 15.4 Å². The van der Waals surface area contributed by atoms with Crippen LogP contribution in [-0.4, -0.2) is 39.5 Å². The molecule has 1 aliphatic heterocycles. The summed E-state index contributed by atoms with van der Waals surface area (Å²) < 4.78 is 40.2. The first-order valence-electron chi connectivity index (χ1n) is 7.59. The number of halogens is 2. The molecule has 0 radical (unpaired) electrons. The van der Waals surface area contributed by atoms with Gasteiger partial charge in [0.1, 0.15) is 10.7 Å². The molecular formula is C15H23ClFN3O3S. The number of carbonyl (C=O) groups is 1. The second-order valence-electron chi connectivity index (χ2n) is 5.86. The number of sulfonamides is 1. The summed E-state index contributed by atoms with van der Waals surface area (Å²) in [5.41, 5.74) is 0. The van der Waals surface area contributed by atoms with Gasteiger partial charge in [-0.15, -0.1) is 12.4 Å². The van der Waals surface area contributed by atoms with E-state index < -0.39 is 32.7 Å². The molecule has 9 heteroatoms. The molecule has 6 nitrogen and oxygen atoms in total. The van der Waals surface area contributed by atoms with Gasteiger partial charge in [0.05, 0.1) is 6.04 Å². The van der Waals surface area contributed by atoms with Gasteiger partial charge < -0.3 is 10.6 Å². The Morgan fingerprint density at radius 3 is 2.67 bits per heavy atom. The number of hydrogen-bond acceptors (Lipinski definition) is 4. The summed E-state index contributed by atoms with van der Waals surface area (Å²) in [4.78, 5) is 11.7. The Morgan fingerprint density at radius 1 is 1.38 bits per heavy atom. The van der Waals surface area contributed by atoms with E-state index in [1.54, 1.807) is 0 Å². The van der Waals surface area contributed by atoms with Gasteiger partial charge in [-0.3, -0.25) is 4.79 Å². The molecule has 24 heavy (non-hydrogen) atoms. The highest BCUT2D eigenvalue weighted by molar-refractivity contribution is 7.89. The number of hydrogen-bond donors (Lipinski definition) is 3. The van der Waals surface area contributed by atoms with E-state index >= 15 is 0 Å². The molecule has 0 aliphatic carbocycles. The first-order chi connectivity index (χ1) is 10.8. The van der Waals surface area contributed by atoms with Crippen LogP contribution >= 0.6 is 12.4 Å². The maximum atomic E-state index is 13.6. The van der Waals surface area contributed by atoms with Crippen LogP contribution in [0.1, 0.15) is 20.3 Å². The molecule has 0 bridgehead atoms. The van der Waals surface area contributed by atoms with E-state index in [0.29, 0.717) is 12.5 Å². The van der Waals surface area contributed by atoms with Gasteiger partial charge in [0.2, 0.25) is 15.9 Å². The van der Waals surface area contributed by atoms with Gasteiger partial charge in [0, 0.05) is 12.6 Å². The summed E-state index contributed by atoms with van der Waals surface area (Å²) >= 11 is 0. The summed E-state index contributed by atoms with van der Waals surface area (Å²) in [6, 6.07) is 4.02. The van der Waals surface area contributed by atoms with Crippen molar-refractivity contribution in [3.8, 4) is 0 Å². The fourth-order valence-electron chi connectivity index (χ4n) is 2.50. The minimum absolute atomic E-state index is 0. The highest BCUT2D eigenvalue weighted by atomic mass is 35.5. The van der Waals surface area contributed by atoms with Crippen LogP contribution in [0.15, 0.2) is 29.2 Å². The summed E-state index contributed by atoms with van der Waals surface area (Å²) in [6.07, 6.45) is 0.945. The van der Waals surface area contributed by atoms with Crippen molar-refractivity contribution in [2.24, 2.45) is 5.92 Å². The summed E-state index contributed by atoms with van der Waals surface area (Å²) in [5, 5.41) is 6.02. The van der Waals surface area contributed by atoms with Crippen molar-refractivity contribution in [1.29, 1.82) is 0 Å². The quantitative estimate of drug-likeness (QED) is 0.713. The third kappa shape index (κ3) is 5.14. The van der Waals surface area contributed by atoms with Gasteiger partial charge in [0.15, 0.2) is 0 Å². The highest BCUT2D eigenvalue weighted by Gasteiger charge is 2.28. The van der Waals surface area contributed by atoms with Gasteiger partial charge in [-0.25, -0.2) is 12.8 Å². The van der Waals surface area contributed by atoms with E-state index in [1.165, 1.54) is 19.1 Å². The molecule has 1 aromatic rings. The maximum Gasteiger partial charge on any atom is 0.244 e. The summed E-state index contributed by atoms with van der Waals surface area (Å²) in [6.45, 7) is 5.04. The van der Waals surface area contributed by atoms with Crippen LogP contribution in [0.4, 0.5) is 4.39 Å². The van der Waals surface area contributed by atoms with Crippen molar-refractivity contribution in [1.82, 2.24) is 15.4 Å². The van der Waals surface area contributed by atoms with Crippen LogP contribution in [0, 0.1) is 11.7 Å². The van der Waals surface area contributed by atoms with Crippen molar-refractivity contribution < 1.29 is 17.6 Å². The average Bonchev–Trinajstić information content (AvgIpc) is 2.49. The average molecular weight is 380 g/mol. The number of amides is 1. The number of nitrogens with one attached hydrogen (secondary N) is 3. The Morgan fingerprint density at radius 2 is 2.04 bits per heavy atom. The molecule has 1 aromatic carbocycles. The Balaban J connectivity index is 0.00000288. The van der Waals surface area contributed by atoms with Gasteiger partial charge in [-0.2, -0.15) is 4.72 Å². The monoisotopic (exact) mass is 379 g/mol. The van der Waals surface area contributed by atoms with Crippen LogP contribution in [0.25, 0.3) is 0 Å². The normalized spacial score (nSPS) is 22.3. The van der Waals surface area contributed by atoms with Crippen LogP contribution in [0.3, 0.4) is 0 Å². The second kappa shape index (κ2) is 8.75. The van der Waals surface area contributed by atoms with Gasteiger partial charge in [-0.05, 0) is 37.9 Å². The molecule has 1 aliphatic rings. The predicted octanol–water partition coefficient (Wildman–Crippen LogP) is 1.03. The first kappa shape index (κ1) is 20.8. The smallest absolute Gasteiger partial charge is 0.244 e. The van der Waals surface area contributed by atoms with Crippen molar-refractivity contribution in [3.05, 3.63) is 30.1 Å².